The molecule has 0 aliphatic rings. The first-order chi connectivity index (χ1) is 8.83. The number of hydrogen-bond acceptors (Lipinski definition) is 6. The molecule has 0 saturated carbocycles. The van der Waals surface area contributed by atoms with Gasteiger partial charge in [0.1, 0.15) is 0 Å². The van der Waals surface area contributed by atoms with Crippen LogP contribution in [-0.2, 0) is 31.7 Å². The van der Waals surface area contributed by atoms with Crippen LogP contribution in [-0.4, -0.2) is 25.9 Å². The van der Waals surface area contributed by atoms with E-state index in [-0.39, 0.29) is 59.1 Å². The Balaban J connectivity index is 0. The van der Waals surface area contributed by atoms with Gasteiger partial charge in [-0.15, -0.1) is 0 Å². The third-order valence-electron chi connectivity index (χ3n) is 2.09. The Morgan fingerprint density at radius 1 is 0.636 bits per heavy atom. The van der Waals surface area contributed by atoms with Gasteiger partial charge < -0.3 is 9.11 Å². The molecule has 114 valence electrons. The van der Waals surface area contributed by atoms with Crippen LogP contribution in [0.2, 0.25) is 20.1 Å². The van der Waals surface area contributed by atoms with Crippen molar-refractivity contribution in [2.75, 3.05) is 0 Å². The van der Waals surface area contributed by atoms with E-state index >= 15 is 0 Å². The summed E-state index contributed by atoms with van der Waals surface area (Å²) < 4.78 is 64.6. The summed E-state index contributed by atoms with van der Waals surface area (Å²) in [7, 11) is -9.52. The van der Waals surface area contributed by atoms with E-state index in [4.69, 9.17) is 46.4 Å². The van der Waals surface area contributed by atoms with Gasteiger partial charge in [0.25, 0.3) is 0 Å². The van der Waals surface area contributed by atoms with Crippen molar-refractivity contribution in [1.82, 2.24) is 0 Å². The van der Waals surface area contributed by atoms with Crippen molar-refractivity contribution in [3.63, 3.8) is 0 Å². The molecule has 0 aromatic heterocycles. The van der Waals surface area contributed by atoms with Crippen molar-refractivity contribution in [2.24, 2.45) is 0 Å². The Kier molecular flexibility index (Phi) is 11.7. The van der Waals surface area contributed by atoms with E-state index in [9.17, 15) is 25.9 Å². The molecule has 6 nitrogen and oxygen atoms in total. The fourth-order valence-corrected chi connectivity index (χ4v) is 4.15. The molecule has 0 amide bonds. The molecule has 0 N–H and O–H groups in total. The number of halogens is 4. The summed E-state index contributed by atoms with van der Waals surface area (Å²) >= 11 is 22.9. The number of hydrogen-bond donors (Lipinski definition) is 0. The maximum atomic E-state index is 10.8. The second-order valence-electron chi connectivity index (χ2n) is 3.62. The van der Waals surface area contributed by atoms with Crippen LogP contribution in [0.15, 0.2) is 0 Å². The molecule has 1 aromatic carbocycles. The first-order valence-electron chi connectivity index (χ1n) is 4.54. The maximum absolute atomic E-state index is 10.8. The number of rotatable bonds is 4. The van der Waals surface area contributed by atoms with Crippen LogP contribution in [0, 0.1) is 0 Å². The summed E-state index contributed by atoms with van der Waals surface area (Å²) in [5.41, 5.74) is -0.812. The van der Waals surface area contributed by atoms with Gasteiger partial charge in [0.15, 0.2) is 0 Å². The van der Waals surface area contributed by atoms with Crippen LogP contribution >= 0.6 is 46.4 Å². The molecule has 22 heavy (non-hydrogen) atoms. The van der Waals surface area contributed by atoms with Gasteiger partial charge >= 0.3 is 59.1 Å². The van der Waals surface area contributed by atoms with Crippen molar-refractivity contribution < 1.29 is 85.1 Å². The van der Waals surface area contributed by atoms with E-state index in [2.05, 4.69) is 0 Å². The normalized spacial score (nSPS) is 11.5. The smallest absolute Gasteiger partial charge is 0.748 e. The van der Waals surface area contributed by atoms with E-state index in [0.717, 1.165) is 0 Å². The van der Waals surface area contributed by atoms with Crippen molar-refractivity contribution in [3.05, 3.63) is 31.2 Å². The standard InChI is InChI=1S/C8H6Cl4O6S2.2Na/c9-5-3(1-19(13,14)15)6(10)8(12)7(11)4(5)2-20(16,17)18;;/h1-2H2,(H,13,14,15)(H,16,17,18);;/q;2*+1/p-2. The molecule has 1 aromatic rings. The summed E-state index contributed by atoms with van der Waals surface area (Å²) in [5.74, 6) is -2.24. The van der Waals surface area contributed by atoms with Crippen LogP contribution in [0.3, 0.4) is 0 Å². The fourth-order valence-electron chi connectivity index (χ4n) is 1.34. The summed E-state index contributed by atoms with van der Waals surface area (Å²) in [6.45, 7) is 0. The van der Waals surface area contributed by atoms with E-state index in [1.165, 1.54) is 0 Å². The Labute approximate surface area is 191 Å². The topological polar surface area (TPSA) is 114 Å². The van der Waals surface area contributed by atoms with Gasteiger partial charge in [0.05, 0.1) is 51.8 Å². The Hall–Kier alpha value is 2.20. The molecule has 0 heterocycles. The van der Waals surface area contributed by atoms with Gasteiger partial charge in [-0.1, -0.05) is 46.4 Å². The summed E-state index contributed by atoms with van der Waals surface area (Å²) in [4.78, 5) is 0. The summed E-state index contributed by atoms with van der Waals surface area (Å²) in [6, 6.07) is 0. The molecular weight excluding hydrogens is 444 g/mol. The van der Waals surface area contributed by atoms with Gasteiger partial charge in [0, 0.05) is 11.1 Å². The average Bonchev–Trinajstić information content (AvgIpc) is 2.25. The zero-order chi connectivity index (χ0) is 15.9. The SMILES string of the molecule is O=S(=O)([O-])Cc1c(Cl)c(Cl)c(Cl)c(CS(=O)(=O)[O-])c1Cl.[Na+].[Na+]. The minimum atomic E-state index is -4.76. The quantitative estimate of drug-likeness (QED) is 0.204. The Bertz CT molecular complexity index is 704. The fraction of sp³-hybridized carbons (Fsp3) is 0.250. The van der Waals surface area contributed by atoms with Crippen LogP contribution in [0.25, 0.3) is 0 Å². The molecule has 0 spiro atoms. The Morgan fingerprint density at radius 2 is 0.909 bits per heavy atom. The third kappa shape index (κ3) is 7.61. The molecule has 0 atom stereocenters. The van der Waals surface area contributed by atoms with Crippen LogP contribution in [0.5, 0.6) is 0 Å². The monoisotopic (exact) mass is 446 g/mol. The molecular formula is C8H4Cl4Na2O6S2. The first kappa shape index (κ1) is 26.4. The van der Waals surface area contributed by atoms with Gasteiger partial charge in [-0.05, 0) is 0 Å². The number of benzene rings is 1. The molecule has 1 rings (SSSR count). The zero-order valence-electron chi connectivity index (χ0n) is 11.2. The van der Waals surface area contributed by atoms with Gasteiger partial charge in [0.2, 0.25) is 0 Å². The molecule has 0 saturated heterocycles. The van der Waals surface area contributed by atoms with E-state index < -0.39 is 63.0 Å². The molecule has 14 heteroatoms. The minimum Gasteiger partial charge on any atom is -0.748 e. The van der Waals surface area contributed by atoms with E-state index in [0.29, 0.717) is 0 Å². The zero-order valence-corrected chi connectivity index (χ0v) is 19.8. The van der Waals surface area contributed by atoms with Crippen molar-refractivity contribution >= 4 is 66.6 Å². The molecule has 0 radical (unpaired) electrons. The molecule has 0 unspecified atom stereocenters. The van der Waals surface area contributed by atoms with Crippen molar-refractivity contribution in [2.45, 2.75) is 11.5 Å². The van der Waals surface area contributed by atoms with Gasteiger partial charge in [-0.3, -0.25) is 0 Å². The van der Waals surface area contributed by atoms with E-state index in [1.807, 2.05) is 0 Å². The molecule has 0 bridgehead atoms. The van der Waals surface area contributed by atoms with E-state index in [1.54, 1.807) is 0 Å². The molecule has 0 aliphatic heterocycles. The average molecular weight is 448 g/mol. The first-order valence-corrected chi connectivity index (χ1v) is 9.21. The second kappa shape index (κ2) is 9.78. The van der Waals surface area contributed by atoms with Crippen molar-refractivity contribution in [3.8, 4) is 0 Å². The molecule has 0 fully saturated rings. The van der Waals surface area contributed by atoms with Crippen molar-refractivity contribution in [1.29, 1.82) is 0 Å². The third-order valence-corrected chi connectivity index (χ3v) is 5.23. The van der Waals surface area contributed by atoms with Crippen LogP contribution in [0.1, 0.15) is 11.1 Å². The van der Waals surface area contributed by atoms with Gasteiger partial charge in [-0.25, -0.2) is 16.8 Å². The molecule has 0 aliphatic carbocycles. The predicted molar refractivity (Wildman–Crippen MR) is 73.3 cm³/mol. The largest absolute Gasteiger partial charge is 1.00 e. The summed E-state index contributed by atoms with van der Waals surface area (Å²) in [6.07, 6.45) is 0. The second-order valence-corrected chi connectivity index (χ2v) is 7.94. The maximum Gasteiger partial charge on any atom is 1.00 e. The minimum absolute atomic E-state index is 0. The summed E-state index contributed by atoms with van der Waals surface area (Å²) in [5, 5.41) is -1.68. The van der Waals surface area contributed by atoms with Gasteiger partial charge in [-0.2, -0.15) is 0 Å². The predicted octanol–water partition coefficient (Wildman–Crippen LogP) is -3.60. The van der Waals surface area contributed by atoms with Crippen LogP contribution in [0.4, 0.5) is 0 Å². The van der Waals surface area contributed by atoms with Crippen LogP contribution < -0.4 is 59.1 Å². The Morgan fingerprint density at radius 3 is 1.14 bits per heavy atom.